The van der Waals surface area contributed by atoms with Crippen LogP contribution in [0.2, 0.25) is 0 Å². The highest BCUT2D eigenvalue weighted by Crippen LogP contribution is 2.44. The van der Waals surface area contributed by atoms with Crippen molar-refractivity contribution in [2.75, 3.05) is 138 Å². The van der Waals surface area contributed by atoms with Gasteiger partial charge in [-0.3, -0.25) is 37.8 Å². The van der Waals surface area contributed by atoms with Crippen molar-refractivity contribution in [2.24, 2.45) is 0 Å². The molecule has 4 amide bonds. The second-order valence-electron chi connectivity index (χ2n) is 27.9. The molecule has 3 aromatic carbocycles. The second-order valence-corrected chi connectivity index (χ2v) is 31.2. The van der Waals surface area contributed by atoms with Crippen molar-refractivity contribution in [1.82, 2.24) is 52.6 Å². The summed E-state index contributed by atoms with van der Waals surface area (Å²) in [6, 6.07) is 35.0. The Kier molecular flexibility index (Phi) is 28.1. The molecule has 120 heavy (non-hydrogen) atoms. The van der Waals surface area contributed by atoms with Gasteiger partial charge in [0.1, 0.15) is 16.9 Å². The predicted molar refractivity (Wildman–Crippen MR) is 450 cm³/mol. The van der Waals surface area contributed by atoms with E-state index >= 15 is 0 Å². The highest BCUT2D eigenvalue weighted by molar-refractivity contribution is 7.86. The Morgan fingerprint density at radius 1 is 0.350 bits per heavy atom. The van der Waals surface area contributed by atoms with Gasteiger partial charge in [0.25, 0.3) is 43.9 Å². The van der Waals surface area contributed by atoms with Crippen LogP contribution in [0.15, 0.2) is 165 Å². The summed E-state index contributed by atoms with van der Waals surface area (Å²) in [5, 5.41) is 7.70. The summed E-state index contributed by atoms with van der Waals surface area (Å²) in [5.74, 6) is -2.66. The molecule has 0 atom stereocenters. The van der Waals surface area contributed by atoms with E-state index in [2.05, 4.69) is 37.8 Å². The zero-order chi connectivity index (χ0) is 82.0. The van der Waals surface area contributed by atoms with Crippen molar-refractivity contribution in [3.8, 4) is 0 Å². The molecule has 35 heteroatoms. The smallest absolute Gasteiger partial charge is 0.347 e. The average molecular weight is 1700 g/mol. The van der Waals surface area contributed by atoms with Crippen molar-refractivity contribution >= 4 is 167 Å². The quantitative estimate of drug-likeness (QED) is 0.0416. The molecule has 0 fully saturated rings. The first-order valence-corrected chi connectivity index (χ1v) is 42.0. The van der Waals surface area contributed by atoms with Crippen LogP contribution in [0, 0.1) is 0 Å². The molecule has 18 rings (SSSR count). The van der Waals surface area contributed by atoms with Crippen molar-refractivity contribution < 1.29 is 96.6 Å². The number of ether oxygens (including phenoxy) is 9. The minimum atomic E-state index is -3.43. The number of imide groups is 2. The number of hydrogen-bond acceptors (Lipinski definition) is 24. The molecule has 1 N–H and O–H groups in total. The maximum absolute atomic E-state index is 13.5. The summed E-state index contributed by atoms with van der Waals surface area (Å²) in [5.41, 5.74) is 11.5. The van der Waals surface area contributed by atoms with Crippen LogP contribution in [0.25, 0.3) is 99.2 Å². The topological polar surface area (TPSA) is 356 Å². The molecule has 6 aliphatic heterocycles. The standard InChI is InChI=1S/C26H24N4O4.C25H22N4O4.C25H21N3O5.C8H18O8S2.CH4.ClH/c1-28-25(31)22-19-15-29(21-7-3-2-5-17(19)21)9-11-33-13-14-34-12-10-30-16-20(23(22)26(28)32)18-6-4-8-27-24(18)30;30-24-21-18-14-28(20-6-2-1-4-16(18)20)8-10-32-12-13-33-11-9-29-15-19(22(21)25(31)27-24)17-5-3-7-26-23(17)29;29-24-21-18-14-27(20-6-2-1-4-16(18)20)8-10-31-12-13-32-11-9-28-15-19(22(21)25(30)33-24)17-5-3-7-26-23(17)28;1-17(9,10)15-7-5-13-3-4-14-6-8-16-18(2,11)12;;/h2-8,15-16H,9-14H2,1H3;1-7,14-15H,8-13H2,(H,27,30,31);1-7,14-15H,8-13H2;3-8H2,1-2H3;1H4;1H. The van der Waals surface area contributed by atoms with Crippen LogP contribution < -0.4 is 5.32 Å². The maximum Gasteiger partial charge on any atom is 0.347 e. The first-order chi connectivity index (χ1) is 57.3. The lowest BCUT2D eigenvalue weighted by atomic mass is 9.96. The number of esters is 2. The number of aromatic nitrogens is 9. The van der Waals surface area contributed by atoms with E-state index in [1.165, 1.54) is 4.90 Å². The fourth-order valence-electron chi connectivity index (χ4n) is 15.1. The molecule has 0 spiro atoms. The summed E-state index contributed by atoms with van der Waals surface area (Å²) in [7, 11) is -5.31. The van der Waals surface area contributed by atoms with E-state index in [1.54, 1.807) is 25.6 Å². The zero-order valence-corrected chi connectivity index (χ0v) is 67.8. The first-order valence-electron chi connectivity index (χ1n) is 38.4. The molecule has 32 nitrogen and oxygen atoms in total. The molecule has 15 heterocycles. The summed E-state index contributed by atoms with van der Waals surface area (Å²) < 4.78 is 113. The molecule has 0 unspecified atom stereocenters. The number of carbonyl (C=O) groups is 6. The van der Waals surface area contributed by atoms with Crippen molar-refractivity contribution in [2.45, 2.75) is 46.7 Å². The van der Waals surface area contributed by atoms with Crippen LogP contribution >= 0.6 is 12.4 Å². The summed E-state index contributed by atoms with van der Waals surface area (Å²) in [4.78, 5) is 93.9. The van der Waals surface area contributed by atoms with Crippen LogP contribution in [0.3, 0.4) is 0 Å². The Hall–Kier alpha value is -11.2. The molecule has 12 aromatic rings. The molecule has 0 saturated heterocycles. The van der Waals surface area contributed by atoms with Crippen molar-refractivity contribution in [3.63, 3.8) is 0 Å². The lowest BCUT2D eigenvalue weighted by molar-refractivity contribution is -0.149. The fraction of sp³-hybridized carbons (Fsp3) is 0.329. The van der Waals surface area contributed by atoms with E-state index in [1.807, 2.05) is 165 Å². The Labute approximate surface area is 696 Å². The molecular weight excluding hydrogens is 1610 g/mol. The third kappa shape index (κ3) is 19.0. The minimum Gasteiger partial charge on any atom is -0.386 e. The zero-order valence-electron chi connectivity index (χ0n) is 65.3. The van der Waals surface area contributed by atoms with Crippen molar-refractivity contribution in [1.29, 1.82) is 0 Å². The van der Waals surface area contributed by atoms with E-state index < -0.39 is 38.1 Å². The molecule has 12 bridgehead atoms. The number of para-hydroxylation sites is 3. The van der Waals surface area contributed by atoms with Gasteiger partial charge in [-0.15, -0.1) is 12.4 Å². The van der Waals surface area contributed by atoms with E-state index in [0.29, 0.717) is 163 Å². The molecule has 630 valence electrons. The van der Waals surface area contributed by atoms with E-state index in [-0.39, 0.29) is 88.3 Å². The van der Waals surface area contributed by atoms with Gasteiger partial charge in [0, 0.05) is 184 Å². The van der Waals surface area contributed by atoms with Gasteiger partial charge in [-0.1, -0.05) is 62.0 Å². The van der Waals surface area contributed by atoms with Crippen LogP contribution in [0.4, 0.5) is 0 Å². The Bertz CT molecular complexity index is 5620. The minimum absolute atomic E-state index is 0. The van der Waals surface area contributed by atoms with Crippen LogP contribution in [0.5, 0.6) is 0 Å². The second kappa shape index (κ2) is 38.9. The number of nitrogens with zero attached hydrogens (tertiary/aromatic N) is 10. The molecule has 0 saturated carbocycles. The number of hydrogen-bond donors (Lipinski definition) is 1. The maximum atomic E-state index is 13.5. The monoisotopic (exact) mass is 1700 g/mol. The number of likely N-dealkylation sites (N-methyl/N-ethyl adjacent to an activating group) is 1. The van der Waals surface area contributed by atoms with Gasteiger partial charge < -0.3 is 70.0 Å². The van der Waals surface area contributed by atoms with Gasteiger partial charge in [0.15, 0.2) is 0 Å². The van der Waals surface area contributed by atoms with E-state index in [9.17, 15) is 45.6 Å². The first kappa shape index (κ1) is 86.6. The highest BCUT2D eigenvalue weighted by atomic mass is 35.5. The number of fused-ring (bicyclic) bond motifs is 36. The summed E-state index contributed by atoms with van der Waals surface area (Å²) >= 11 is 0. The normalized spacial score (nSPS) is 16.6. The Morgan fingerprint density at radius 3 is 0.958 bits per heavy atom. The summed E-state index contributed by atoms with van der Waals surface area (Å²) in [6.45, 7) is 10.3. The third-order valence-electron chi connectivity index (χ3n) is 20.3. The molecule has 0 aliphatic carbocycles. The third-order valence-corrected chi connectivity index (χ3v) is 21.5. The van der Waals surface area contributed by atoms with Gasteiger partial charge in [0.2, 0.25) is 0 Å². The number of amides is 4. The lowest BCUT2D eigenvalue weighted by Crippen LogP contribution is -2.26. The predicted octanol–water partition coefficient (Wildman–Crippen LogP) is 8.61. The molecule has 9 aromatic heterocycles. The fourth-order valence-corrected chi connectivity index (χ4v) is 15.9. The largest absolute Gasteiger partial charge is 0.386 e. The molecule has 6 aliphatic rings. The molecule has 0 radical (unpaired) electrons. The van der Waals surface area contributed by atoms with E-state index in [4.69, 9.17) is 42.6 Å². The number of cyclic esters (lactones) is 2. The Morgan fingerprint density at radius 2 is 0.617 bits per heavy atom. The Balaban J connectivity index is 0.000000141. The van der Waals surface area contributed by atoms with E-state index in [0.717, 1.165) is 89.4 Å². The van der Waals surface area contributed by atoms with Gasteiger partial charge >= 0.3 is 11.9 Å². The number of nitrogens with one attached hydrogen (secondary N) is 1. The lowest BCUT2D eigenvalue weighted by Gasteiger charge is -2.09. The number of benzene rings is 3. The number of carbonyl (C=O) groups excluding carboxylic acids is 6. The summed E-state index contributed by atoms with van der Waals surface area (Å²) in [6.07, 6.45) is 18.6. The SMILES string of the molecule is C.CN1C(=O)C2=C(C1=O)c1cn(c3ncccc13)CCOCCOCCn1cc2c2ccccc21.CS(=O)(=O)OCCOCCOCCOS(C)(=O)=O.Cl.O=C1NC(=O)C2=C1c1cn(c3ccccc13)CCOCCOCCn1cc2c2cccnc21.O=C1OC(=O)C2=C1c1cn(c3ccccc13)CCOCCOCCn1cc2c2cccnc21. The number of rotatable bonds is 11. The number of halogens is 1. The van der Waals surface area contributed by atoms with Gasteiger partial charge in [-0.2, -0.15) is 16.8 Å². The van der Waals surface area contributed by atoms with Gasteiger partial charge in [-0.25, -0.2) is 24.5 Å². The molecular formula is C85H90ClN11O21S2. The van der Waals surface area contributed by atoms with Crippen LogP contribution in [0.1, 0.15) is 40.8 Å². The highest BCUT2D eigenvalue weighted by Gasteiger charge is 2.42. The van der Waals surface area contributed by atoms with Crippen LogP contribution in [-0.2, 0) is 139 Å². The van der Waals surface area contributed by atoms with Gasteiger partial charge in [-0.05, 0) is 54.6 Å². The van der Waals surface area contributed by atoms with Crippen LogP contribution in [-0.4, -0.2) is 238 Å². The average Bonchev–Trinajstić information content (AvgIpc) is 1.58. The van der Waals surface area contributed by atoms with Gasteiger partial charge in [0.05, 0.1) is 165 Å². The number of pyridine rings is 3. The van der Waals surface area contributed by atoms with Crippen molar-refractivity contribution in [3.05, 3.63) is 198 Å².